The van der Waals surface area contributed by atoms with Crippen LogP contribution in [0.2, 0.25) is 0 Å². The second-order valence-electron chi connectivity index (χ2n) is 3.17. The molecule has 0 spiro atoms. The maximum atomic E-state index is 2.84. The van der Waals surface area contributed by atoms with Crippen molar-refractivity contribution in [2.45, 2.75) is 39.7 Å². The van der Waals surface area contributed by atoms with Gasteiger partial charge in [-0.1, -0.05) is 29.5 Å². The highest BCUT2D eigenvalue weighted by Gasteiger charge is 2.01. The highest BCUT2D eigenvalue weighted by molar-refractivity contribution is 7.27. The molecule has 1 nitrogen and oxygen atoms in total. The standard InChI is InChI=1S/C10H18NP/c1-3-5-9-6-8-11(7-4-2)10(9)12/h6,8H,3-5,7,12H2,1-2H3. The van der Waals surface area contributed by atoms with Crippen molar-refractivity contribution in [2.24, 2.45) is 0 Å². The van der Waals surface area contributed by atoms with Crippen LogP contribution in [-0.4, -0.2) is 4.57 Å². The predicted molar refractivity (Wildman–Crippen MR) is 58.1 cm³/mol. The molecule has 2 heteroatoms. The maximum Gasteiger partial charge on any atom is 0.0379 e. The molecule has 0 radical (unpaired) electrons. The Kier molecular flexibility index (Phi) is 3.81. The van der Waals surface area contributed by atoms with Crippen LogP contribution in [0.25, 0.3) is 0 Å². The van der Waals surface area contributed by atoms with Crippen LogP contribution in [0.4, 0.5) is 0 Å². The molecule has 12 heavy (non-hydrogen) atoms. The molecule has 0 aliphatic carbocycles. The lowest BCUT2D eigenvalue weighted by Gasteiger charge is -2.04. The van der Waals surface area contributed by atoms with Gasteiger partial charge in [0.05, 0.1) is 0 Å². The van der Waals surface area contributed by atoms with E-state index < -0.39 is 0 Å². The van der Waals surface area contributed by atoms with Crippen LogP contribution in [0.1, 0.15) is 32.3 Å². The number of hydrogen-bond donors (Lipinski definition) is 0. The molecule has 0 aromatic carbocycles. The zero-order chi connectivity index (χ0) is 8.97. The van der Waals surface area contributed by atoms with Gasteiger partial charge >= 0.3 is 0 Å². The van der Waals surface area contributed by atoms with Crippen molar-refractivity contribution >= 4 is 14.7 Å². The van der Waals surface area contributed by atoms with Crippen LogP contribution in [-0.2, 0) is 13.0 Å². The molecule has 1 aromatic heterocycles. The Balaban J connectivity index is 2.74. The summed E-state index contributed by atoms with van der Waals surface area (Å²) >= 11 is 0. The largest absolute Gasteiger partial charge is 0.348 e. The fourth-order valence-electron chi connectivity index (χ4n) is 1.45. The fraction of sp³-hybridized carbons (Fsp3) is 0.600. The number of rotatable bonds is 4. The molecule has 1 aromatic rings. The van der Waals surface area contributed by atoms with E-state index in [1.807, 2.05) is 0 Å². The molecule has 1 heterocycles. The van der Waals surface area contributed by atoms with Crippen molar-refractivity contribution in [1.29, 1.82) is 0 Å². The van der Waals surface area contributed by atoms with E-state index in [1.165, 1.54) is 30.3 Å². The quantitative estimate of drug-likeness (QED) is 0.631. The van der Waals surface area contributed by atoms with Gasteiger partial charge in [-0.05, 0) is 24.5 Å². The van der Waals surface area contributed by atoms with Crippen molar-refractivity contribution < 1.29 is 0 Å². The summed E-state index contributed by atoms with van der Waals surface area (Å²) in [5.74, 6) is 0. The third-order valence-corrected chi connectivity index (χ3v) is 2.78. The van der Waals surface area contributed by atoms with Gasteiger partial charge < -0.3 is 4.57 Å². The molecule has 0 N–H and O–H groups in total. The third kappa shape index (κ3) is 2.10. The Hall–Kier alpha value is -0.290. The molecular formula is C10H18NP. The fourth-order valence-corrected chi connectivity index (χ4v) is 1.90. The highest BCUT2D eigenvalue weighted by Crippen LogP contribution is 2.06. The van der Waals surface area contributed by atoms with Gasteiger partial charge in [-0.2, -0.15) is 0 Å². The summed E-state index contributed by atoms with van der Waals surface area (Å²) < 4.78 is 2.32. The Morgan fingerprint density at radius 2 is 2.08 bits per heavy atom. The Morgan fingerprint density at radius 3 is 2.67 bits per heavy atom. The second kappa shape index (κ2) is 4.67. The molecule has 1 unspecified atom stereocenters. The molecule has 0 saturated carbocycles. The average Bonchev–Trinajstić information content (AvgIpc) is 2.38. The van der Waals surface area contributed by atoms with Gasteiger partial charge in [-0.15, -0.1) is 0 Å². The first-order valence-electron chi connectivity index (χ1n) is 4.73. The molecule has 0 saturated heterocycles. The van der Waals surface area contributed by atoms with Crippen molar-refractivity contribution in [3.8, 4) is 0 Å². The van der Waals surface area contributed by atoms with Crippen LogP contribution in [0.5, 0.6) is 0 Å². The smallest absolute Gasteiger partial charge is 0.0379 e. The first-order chi connectivity index (χ1) is 5.79. The summed E-state index contributed by atoms with van der Waals surface area (Å²) in [6.45, 7) is 5.58. The number of nitrogens with zero attached hydrogens (tertiary/aromatic N) is 1. The lowest BCUT2D eigenvalue weighted by Crippen LogP contribution is -2.11. The Morgan fingerprint density at radius 1 is 1.33 bits per heavy atom. The first-order valence-corrected chi connectivity index (χ1v) is 5.30. The Labute approximate surface area is 77.4 Å². The maximum absolute atomic E-state index is 2.84. The SMILES string of the molecule is CCCc1ccn(CCC)c1P. The van der Waals surface area contributed by atoms with Crippen LogP contribution < -0.4 is 5.44 Å². The van der Waals surface area contributed by atoms with E-state index in [2.05, 4.69) is 39.9 Å². The number of aryl methyl sites for hydroxylation is 2. The van der Waals surface area contributed by atoms with E-state index in [-0.39, 0.29) is 0 Å². The van der Waals surface area contributed by atoms with E-state index in [0.717, 1.165) is 6.54 Å². The van der Waals surface area contributed by atoms with Crippen molar-refractivity contribution in [2.75, 3.05) is 0 Å². The minimum Gasteiger partial charge on any atom is -0.348 e. The molecule has 0 aliphatic rings. The van der Waals surface area contributed by atoms with E-state index >= 15 is 0 Å². The van der Waals surface area contributed by atoms with Gasteiger partial charge in [0.25, 0.3) is 0 Å². The zero-order valence-corrected chi connectivity index (χ0v) is 9.16. The van der Waals surface area contributed by atoms with Gasteiger partial charge in [0.15, 0.2) is 0 Å². The monoisotopic (exact) mass is 183 g/mol. The summed E-state index contributed by atoms with van der Waals surface area (Å²) in [5.41, 5.74) is 2.86. The summed E-state index contributed by atoms with van der Waals surface area (Å²) in [7, 11) is 2.84. The summed E-state index contributed by atoms with van der Waals surface area (Å²) in [5, 5.41) is 0. The molecule has 0 aliphatic heterocycles. The Bertz CT molecular complexity index is 216. The van der Waals surface area contributed by atoms with Crippen molar-refractivity contribution in [3.05, 3.63) is 17.8 Å². The number of hydrogen-bond acceptors (Lipinski definition) is 0. The highest BCUT2D eigenvalue weighted by atomic mass is 31.0. The predicted octanol–water partition coefficient (Wildman–Crippen LogP) is 2.35. The molecule has 0 fully saturated rings. The molecule has 0 amide bonds. The second-order valence-corrected chi connectivity index (χ2v) is 3.72. The normalized spacial score (nSPS) is 10.6. The van der Waals surface area contributed by atoms with E-state index in [9.17, 15) is 0 Å². The van der Waals surface area contributed by atoms with Crippen LogP contribution in [0, 0.1) is 0 Å². The van der Waals surface area contributed by atoms with E-state index in [4.69, 9.17) is 0 Å². The van der Waals surface area contributed by atoms with Gasteiger partial charge in [0.1, 0.15) is 0 Å². The zero-order valence-electron chi connectivity index (χ0n) is 8.01. The van der Waals surface area contributed by atoms with E-state index in [1.54, 1.807) is 0 Å². The minimum atomic E-state index is 1.14. The van der Waals surface area contributed by atoms with Crippen LogP contribution in [0.3, 0.4) is 0 Å². The van der Waals surface area contributed by atoms with Crippen molar-refractivity contribution in [3.63, 3.8) is 0 Å². The van der Waals surface area contributed by atoms with Crippen LogP contribution >= 0.6 is 9.24 Å². The number of aromatic nitrogens is 1. The topological polar surface area (TPSA) is 4.93 Å². The molecule has 68 valence electrons. The van der Waals surface area contributed by atoms with Crippen LogP contribution in [0.15, 0.2) is 12.3 Å². The molecular weight excluding hydrogens is 165 g/mol. The van der Waals surface area contributed by atoms with E-state index in [0.29, 0.717) is 0 Å². The molecule has 1 rings (SSSR count). The summed E-state index contributed by atoms with van der Waals surface area (Å²) in [6.07, 6.45) is 5.84. The lowest BCUT2D eigenvalue weighted by atomic mass is 10.2. The first kappa shape index (κ1) is 9.80. The molecule has 0 bridgehead atoms. The summed E-state index contributed by atoms with van der Waals surface area (Å²) in [6, 6.07) is 2.24. The molecule has 1 atom stereocenters. The summed E-state index contributed by atoms with van der Waals surface area (Å²) in [4.78, 5) is 0. The van der Waals surface area contributed by atoms with Gasteiger partial charge in [0.2, 0.25) is 0 Å². The van der Waals surface area contributed by atoms with Gasteiger partial charge in [0, 0.05) is 18.2 Å². The minimum absolute atomic E-state index is 1.14. The van der Waals surface area contributed by atoms with Gasteiger partial charge in [-0.3, -0.25) is 0 Å². The van der Waals surface area contributed by atoms with Crippen molar-refractivity contribution in [1.82, 2.24) is 4.57 Å². The van der Waals surface area contributed by atoms with Gasteiger partial charge in [-0.25, -0.2) is 0 Å². The third-order valence-electron chi connectivity index (χ3n) is 2.08. The average molecular weight is 183 g/mol. The lowest BCUT2D eigenvalue weighted by molar-refractivity contribution is 0.697.